The molecule has 4 aromatic rings. The van der Waals surface area contributed by atoms with Gasteiger partial charge in [-0.15, -0.1) is 0 Å². The lowest BCUT2D eigenvalue weighted by molar-refractivity contribution is -0.116. The van der Waals surface area contributed by atoms with E-state index < -0.39 is 0 Å². The van der Waals surface area contributed by atoms with Crippen LogP contribution < -0.4 is 5.32 Å². The molecule has 2 aromatic carbocycles. The molecule has 0 radical (unpaired) electrons. The number of amides is 1. The van der Waals surface area contributed by atoms with Gasteiger partial charge in [0.2, 0.25) is 5.91 Å². The van der Waals surface area contributed by atoms with Gasteiger partial charge in [-0.3, -0.25) is 9.48 Å². The van der Waals surface area contributed by atoms with Crippen molar-refractivity contribution < 1.29 is 4.79 Å². The molecule has 0 aliphatic carbocycles. The molecule has 0 saturated heterocycles. The Morgan fingerprint density at radius 1 is 1.03 bits per heavy atom. The molecule has 0 aliphatic rings. The number of hydrogen-bond acceptors (Lipinski definition) is 3. The minimum absolute atomic E-state index is 0.00458. The fourth-order valence-corrected chi connectivity index (χ4v) is 3.81. The SMILES string of the molecule is Cc1cc(C)n(CCC(=O)Nc2cccc(CCc3nc4ccccc4n3C)c2)n1. The molecule has 0 fully saturated rings. The predicted molar refractivity (Wildman–Crippen MR) is 120 cm³/mol. The summed E-state index contributed by atoms with van der Waals surface area (Å²) in [5.41, 5.74) is 6.23. The van der Waals surface area contributed by atoms with E-state index in [1.54, 1.807) is 0 Å². The summed E-state index contributed by atoms with van der Waals surface area (Å²) in [5.74, 6) is 1.06. The quantitative estimate of drug-likeness (QED) is 0.505. The van der Waals surface area contributed by atoms with Crippen LogP contribution in [0, 0.1) is 13.8 Å². The van der Waals surface area contributed by atoms with Gasteiger partial charge in [0.1, 0.15) is 5.82 Å². The molecule has 0 aliphatic heterocycles. The van der Waals surface area contributed by atoms with Gasteiger partial charge >= 0.3 is 0 Å². The lowest BCUT2D eigenvalue weighted by Crippen LogP contribution is -2.15. The predicted octanol–water partition coefficient (Wildman–Crippen LogP) is 4.20. The van der Waals surface area contributed by atoms with Crippen LogP contribution in [0.25, 0.3) is 11.0 Å². The van der Waals surface area contributed by atoms with E-state index in [4.69, 9.17) is 4.98 Å². The van der Waals surface area contributed by atoms with Gasteiger partial charge in [-0.2, -0.15) is 5.10 Å². The average Bonchev–Trinajstić information content (AvgIpc) is 3.23. The Morgan fingerprint density at radius 2 is 1.87 bits per heavy atom. The number of benzene rings is 2. The largest absolute Gasteiger partial charge is 0.331 e. The third-order valence-corrected chi connectivity index (χ3v) is 5.38. The van der Waals surface area contributed by atoms with Crippen LogP contribution >= 0.6 is 0 Å². The van der Waals surface area contributed by atoms with Crippen molar-refractivity contribution in [1.82, 2.24) is 19.3 Å². The topological polar surface area (TPSA) is 64.7 Å². The van der Waals surface area contributed by atoms with Crippen molar-refractivity contribution in [3.05, 3.63) is 77.4 Å². The second-order valence-corrected chi connectivity index (χ2v) is 7.72. The van der Waals surface area contributed by atoms with Crippen molar-refractivity contribution in [2.45, 2.75) is 39.7 Å². The number of rotatable bonds is 7. The van der Waals surface area contributed by atoms with E-state index in [2.05, 4.69) is 34.2 Å². The summed E-state index contributed by atoms with van der Waals surface area (Å²) in [6.45, 7) is 4.55. The van der Waals surface area contributed by atoms with Gasteiger partial charge < -0.3 is 9.88 Å². The molecule has 4 rings (SSSR count). The third-order valence-electron chi connectivity index (χ3n) is 5.38. The molecule has 154 valence electrons. The Bertz CT molecular complexity index is 1190. The van der Waals surface area contributed by atoms with Crippen molar-refractivity contribution in [2.75, 3.05) is 5.32 Å². The molecule has 0 atom stereocenters. The van der Waals surface area contributed by atoms with Crippen molar-refractivity contribution in [3.63, 3.8) is 0 Å². The van der Waals surface area contributed by atoms with Gasteiger partial charge in [-0.05, 0) is 56.2 Å². The van der Waals surface area contributed by atoms with Gasteiger partial charge in [0.25, 0.3) is 0 Å². The summed E-state index contributed by atoms with van der Waals surface area (Å²) in [5, 5.41) is 7.42. The first-order chi connectivity index (χ1) is 14.5. The number of aryl methyl sites for hydroxylation is 6. The highest BCUT2D eigenvalue weighted by atomic mass is 16.1. The lowest BCUT2D eigenvalue weighted by atomic mass is 10.1. The second kappa shape index (κ2) is 8.53. The molecule has 1 N–H and O–H groups in total. The number of hydrogen-bond donors (Lipinski definition) is 1. The van der Waals surface area contributed by atoms with Crippen LogP contribution in [-0.2, 0) is 31.2 Å². The van der Waals surface area contributed by atoms with Crippen LogP contribution in [-0.4, -0.2) is 25.2 Å². The van der Waals surface area contributed by atoms with Crippen LogP contribution in [0.1, 0.15) is 29.2 Å². The van der Waals surface area contributed by atoms with Crippen molar-refractivity contribution >= 4 is 22.6 Å². The van der Waals surface area contributed by atoms with Gasteiger partial charge in [0, 0.05) is 37.8 Å². The zero-order valence-electron chi connectivity index (χ0n) is 17.7. The van der Waals surface area contributed by atoms with Crippen molar-refractivity contribution in [1.29, 1.82) is 0 Å². The summed E-state index contributed by atoms with van der Waals surface area (Å²) in [6.07, 6.45) is 2.11. The molecule has 6 nitrogen and oxygen atoms in total. The first-order valence-corrected chi connectivity index (χ1v) is 10.3. The number of aromatic nitrogens is 4. The Balaban J connectivity index is 1.35. The molecule has 0 saturated carbocycles. The lowest BCUT2D eigenvalue weighted by Gasteiger charge is -2.09. The number of para-hydroxylation sites is 2. The van der Waals surface area contributed by atoms with Gasteiger partial charge in [0.15, 0.2) is 0 Å². The highest BCUT2D eigenvalue weighted by molar-refractivity contribution is 5.90. The van der Waals surface area contributed by atoms with Gasteiger partial charge in [-0.25, -0.2) is 4.98 Å². The van der Waals surface area contributed by atoms with E-state index in [1.807, 2.05) is 61.0 Å². The minimum atomic E-state index is -0.00458. The number of imidazole rings is 1. The first-order valence-electron chi connectivity index (χ1n) is 10.3. The molecular formula is C24H27N5O. The monoisotopic (exact) mass is 401 g/mol. The minimum Gasteiger partial charge on any atom is -0.331 e. The summed E-state index contributed by atoms with van der Waals surface area (Å²) >= 11 is 0. The normalized spacial score (nSPS) is 11.2. The van der Waals surface area contributed by atoms with Crippen LogP contribution in [0.15, 0.2) is 54.6 Å². The molecule has 6 heteroatoms. The Morgan fingerprint density at radius 3 is 2.63 bits per heavy atom. The third kappa shape index (κ3) is 4.43. The Labute approximate surface area is 176 Å². The fourth-order valence-electron chi connectivity index (χ4n) is 3.81. The van der Waals surface area contributed by atoms with E-state index in [9.17, 15) is 4.79 Å². The molecule has 2 heterocycles. The standard InChI is InChI=1S/C24H27N5O/c1-17-15-18(2)29(27-17)14-13-24(30)25-20-8-6-7-19(16-20)11-12-23-26-21-9-4-5-10-22(21)28(23)3/h4-10,15-16H,11-14H2,1-3H3,(H,25,30). The van der Waals surface area contributed by atoms with Crippen LogP contribution in [0.3, 0.4) is 0 Å². The smallest absolute Gasteiger partial charge is 0.226 e. The summed E-state index contributed by atoms with van der Waals surface area (Å²) in [4.78, 5) is 17.1. The summed E-state index contributed by atoms with van der Waals surface area (Å²) in [7, 11) is 2.06. The van der Waals surface area contributed by atoms with Gasteiger partial charge in [0.05, 0.1) is 16.7 Å². The molecule has 30 heavy (non-hydrogen) atoms. The maximum Gasteiger partial charge on any atom is 0.226 e. The maximum atomic E-state index is 12.4. The molecule has 0 bridgehead atoms. The van der Waals surface area contributed by atoms with Crippen LogP contribution in [0.2, 0.25) is 0 Å². The Kier molecular flexibility index (Phi) is 5.65. The van der Waals surface area contributed by atoms with Crippen LogP contribution in [0.5, 0.6) is 0 Å². The number of carbonyl (C=O) groups is 1. The van der Waals surface area contributed by atoms with E-state index in [1.165, 1.54) is 5.56 Å². The number of fused-ring (bicyclic) bond motifs is 1. The Hall–Kier alpha value is -3.41. The molecular weight excluding hydrogens is 374 g/mol. The van der Waals surface area contributed by atoms with E-state index in [-0.39, 0.29) is 5.91 Å². The molecule has 1 amide bonds. The van der Waals surface area contributed by atoms with Crippen molar-refractivity contribution in [3.8, 4) is 0 Å². The van der Waals surface area contributed by atoms with Crippen molar-refractivity contribution in [2.24, 2.45) is 7.05 Å². The van der Waals surface area contributed by atoms with E-state index in [0.29, 0.717) is 13.0 Å². The van der Waals surface area contributed by atoms with E-state index >= 15 is 0 Å². The maximum absolute atomic E-state index is 12.4. The molecule has 2 aromatic heterocycles. The average molecular weight is 402 g/mol. The number of nitrogens with zero attached hydrogens (tertiary/aromatic N) is 4. The molecule has 0 spiro atoms. The second-order valence-electron chi connectivity index (χ2n) is 7.72. The van der Waals surface area contributed by atoms with Crippen LogP contribution in [0.4, 0.5) is 5.69 Å². The number of anilines is 1. The first kappa shape index (κ1) is 19.9. The summed E-state index contributed by atoms with van der Waals surface area (Å²) < 4.78 is 4.03. The zero-order valence-corrected chi connectivity index (χ0v) is 17.7. The highest BCUT2D eigenvalue weighted by Gasteiger charge is 2.09. The summed E-state index contributed by atoms with van der Waals surface area (Å²) in [6, 6.07) is 18.3. The number of nitrogens with one attached hydrogen (secondary N) is 1. The highest BCUT2D eigenvalue weighted by Crippen LogP contribution is 2.17. The van der Waals surface area contributed by atoms with E-state index in [0.717, 1.165) is 46.8 Å². The number of carbonyl (C=O) groups excluding carboxylic acids is 1. The fraction of sp³-hybridized carbons (Fsp3) is 0.292. The zero-order chi connectivity index (χ0) is 21.1. The molecule has 0 unspecified atom stereocenters. The van der Waals surface area contributed by atoms with Gasteiger partial charge in [-0.1, -0.05) is 24.3 Å².